The summed E-state index contributed by atoms with van der Waals surface area (Å²) in [6.45, 7) is 2.31. The van der Waals surface area contributed by atoms with Crippen molar-refractivity contribution in [2.24, 2.45) is 5.41 Å². The SMILES string of the molecule is C[C@]12CC=CCCC1=CC(=O)CCC2. The Labute approximate surface area is 85.9 Å². The number of hydrogen-bond donors (Lipinski definition) is 0. The lowest BCUT2D eigenvalue weighted by atomic mass is 9.75. The zero-order chi connectivity index (χ0) is 10.0. The second kappa shape index (κ2) is 3.72. The third-order valence-electron chi connectivity index (χ3n) is 3.58. The van der Waals surface area contributed by atoms with Crippen molar-refractivity contribution in [1.82, 2.24) is 0 Å². The van der Waals surface area contributed by atoms with Crippen LogP contribution in [-0.2, 0) is 4.79 Å². The van der Waals surface area contributed by atoms with Gasteiger partial charge in [-0.2, -0.15) is 0 Å². The van der Waals surface area contributed by atoms with Crippen LogP contribution >= 0.6 is 0 Å². The van der Waals surface area contributed by atoms with Crippen LogP contribution in [0, 0.1) is 5.41 Å². The summed E-state index contributed by atoms with van der Waals surface area (Å²) in [5, 5.41) is 0. The van der Waals surface area contributed by atoms with Gasteiger partial charge in [0.1, 0.15) is 0 Å². The van der Waals surface area contributed by atoms with Gasteiger partial charge in [0.05, 0.1) is 0 Å². The molecule has 0 radical (unpaired) electrons. The molecule has 0 aliphatic heterocycles. The third-order valence-corrected chi connectivity index (χ3v) is 3.58. The first-order valence-corrected chi connectivity index (χ1v) is 5.60. The van der Waals surface area contributed by atoms with Crippen LogP contribution in [-0.4, -0.2) is 5.78 Å². The highest BCUT2D eigenvalue weighted by molar-refractivity contribution is 5.90. The van der Waals surface area contributed by atoms with E-state index in [9.17, 15) is 4.79 Å². The van der Waals surface area contributed by atoms with Crippen LogP contribution in [0.3, 0.4) is 0 Å². The molecule has 0 bridgehead atoms. The highest BCUT2D eigenvalue weighted by Gasteiger charge is 2.30. The molecule has 0 saturated carbocycles. The molecule has 0 aromatic carbocycles. The van der Waals surface area contributed by atoms with E-state index in [4.69, 9.17) is 0 Å². The number of rotatable bonds is 0. The number of carbonyl (C=O) groups excluding carboxylic acids is 1. The van der Waals surface area contributed by atoms with E-state index in [-0.39, 0.29) is 5.41 Å². The molecule has 0 N–H and O–H groups in total. The van der Waals surface area contributed by atoms with Crippen LogP contribution in [0.5, 0.6) is 0 Å². The van der Waals surface area contributed by atoms with Crippen molar-refractivity contribution >= 4 is 5.78 Å². The molecule has 14 heavy (non-hydrogen) atoms. The average Bonchev–Trinajstić information content (AvgIpc) is 2.36. The molecular weight excluding hydrogens is 172 g/mol. The van der Waals surface area contributed by atoms with Gasteiger partial charge in [-0.05, 0) is 43.6 Å². The Morgan fingerprint density at radius 1 is 1.29 bits per heavy atom. The predicted molar refractivity (Wildman–Crippen MR) is 58.0 cm³/mol. The molecule has 2 aliphatic carbocycles. The fourth-order valence-electron chi connectivity index (χ4n) is 2.56. The van der Waals surface area contributed by atoms with Crippen molar-refractivity contribution in [3.63, 3.8) is 0 Å². The highest BCUT2D eigenvalue weighted by atomic mass is 16.1. The van der Waals surface area contributed by atoms with Gasteiger partial charge in [-0.3, -0.25) is 4.79 Å². The number of ketones is 1. The van der Waals surface area contributed by atoms with Gasteiger partial charge in [0.25, 0.3) is 0 Å². The molecule has 0 aromatic heterocycles. The molecule has 1 atom stereocenters. The monoisotopic (exact) mass is 190 g/mol. The van der Waals surface area contributed by atoms with E-state index >= 15 is 0 Å². The van der Waals surface area contributed by atoms with Crippen molar-refractivity contribution < 1.29 is 4.79 Å². The summed E-state index contributed by atoms with van der Waals surface area (Å²) < 4.78 is 0. The summed E-state index contributed by atoms with van der Waals surface area (Å²) in [5.41, 5.74) is 1.67. The summed E-state index contributed by atoms with van der Waals surface area (Å²) >= 11 is 0. The van der Waals surface area contributed by atoms with Gasteiger partial charge in [-0.1, -0.05) is 24.6 Å². The Bertz CT molecular complexity index is 298. The molecule has 0 spiro atoms. The van der Waals surface area contributed by atoms with Gasteiger partial charge in [-0.25, -0.2) is 0 Å². The predicted octanol–water partition coefficient (Wildman–Crippen LogP) is 3.41. The van der Waals surface area contributed by atoms with E-state index in [1.807, 2.05) is 6.08 Å². The minimum Gasteiger partial charge on any atom is -0.295 e. The largest absolute Gasteiger partial charge is 0.295 e. The quantitative estimate of drug-likeness (QED) is 0.535. The van der Waals surface area contributed by atoms with Crippen LogP contribution in [0.4, 0.5) is 0 Å². The number of allylic oxidation sites excluding steroid dienone is 4. The topological polar surface area (TPSA) is 17.1 Å². The minimum absolute atomic E-state index is 0.277. The molecule has 1 nitrogen and oxygen atoms in total. The Morgan fingerprint density at radius 3 is 3.00 bits per heavy atom. The lowest BCUT2D eigenvalue weighted by Crippen LogP contribution is -2.17. The molecule has 0 saturated heterocycles. The normalized spacial score (nSPS) is 32.9. The Kier molecular flexibility index (Phi) is 2.58. The summed E-state index contributed by atoms with van der Waals surface area (Å²) in [4.78, 5) is 11.5. The summed E-state index contributed by atoms with van der Waals surface area (Å²) in [6.07, 6.45) is 12.8. The number of fused-ring (bicyclic) bond motifs is 1. The standard InChI is InChI=1S/C13H18O/c1-13-8-4-2-3-6-11(13)10-12(14)7-5-9-13/h2,4,10H,3,5-9H2,1H3/t13-/m1/s1. The van der Waals surface area contributed by atoms with E-state index in [1.54, 1.807) is 0 Å². The molecule has 0 unspecified atom stereocenters. The Morgan fingerprint density at radius 2 is 2.14 bits per heavy atom. The van der Waals surface area contributed by atoms with Gasteiger partial charge in [-0.15, -0.1) is 0 Å². The summed E-state index contributed by atoms with van der Waals surface area (Å²) in [5.74, 6) is 0.339. The average molecular weight is 190 g/mol. The molecule has 0 fully saturated rings. The second-order valence-electron chi connectivity index (χ2n) is 4.76. The molecule has 0 aromatic rings. The zero-order valence-corrected chi connectivity index (χ0v) is 8.88. The molecular formula is C13H18O. The summed E-state index contributed by atoms with van der Waals surface area (Å²) in [7, 11) is 0. The first-order valence-electron chi connectivity index (χ1n) is 5.60. The fourth-order valence-corrected chi connectivity index (χ4v) is 2.56. The van der Waals surface area contributed by atoms with Crippen LogP contribution < -0.4 is 0 Å². The van der Waals surface area contributed by atoms with Gasteiger partial charge < -0.3 is 0 Å². The Hall–Kier alpha value is -0.850. The molecule has 2 rings (SSSR count). The van der Waals surface area contributed by atoms with Crippen LogP contribution in [0.2, 0.25) is 0 Å². The van der Waals surface area contributed by atoms with E-state index < -0.39 is 0 Å². The van der Waals surface area contributed by atoms with E-state index in [0.29, 0.717) is 5.78 Å². The van der Waals surface area contributed by atoms with Crippen LogP contribution in [0.25, 0.3) is 0 Å². The number of carbonyl (C=O) groups is 1. The van der Waals surface area contributed by atoms with Crippen molar-refractivity contribution in [2.45, 2.75) is 45.4 Å². The van der Waals surface area contributed by atoms with Gasteiger partial charge >= 0.3 is 0 Å². The maximum Gasteiger partial charge on any atom is 0.155 e. The van der Waals surface area contributed by atoms with E-state index in [2.05, 4.69) is 19.1 Å². The van der Waals surface area contributed by atoms with Crippen molar-refractivity contribution in [1.29, 1.82) is 0 Å². The highest BCUT2D eigenvalue weighted by Crippen LogP contribution is 2.42. The van der Waals surface area contributed by atoms with E-state index in [1.165, 1.54) is 12.0 Å². The third kappa shape index (κ3) is 1.82. The van der Waals surface area contributed by atoms with Crippen molar-refractivity contribution in [3.05, 3.63) is 23.8 Å². The Balaban J connectivity index is 2.32. The first kappa shape index (κ1) is 9.70. The second-order valence-corrected chi connectivity index (χ2v) is 4.76. The first-order chi connectivity index (χ1) is 6.71. The van der Waals surface area contributed by atoms with Crippen LogP contribution in [0.1, 0.15) is 45.4 Å². The number of hydrogen-bond acceptors (Lipinski definition) is 1. The lowest BCUT2D eigenvalue weighted by Gasteiger charge is -2.29. The van der Waals surface area contributed by atoms with E-state index in [0.717, 1.165) is 32.1 Å². The molecule has 0 heterocycles. The van der Waals surface area contributed by atoms with Gasteiger partial charge in [0, 0.05) is 6.42 Å². The maximum absolute atomic E-state index is 11.5. The summed E-state index contributed by atoms with van der Waals surface area (Å²) in [6, 6.07) is 0. The van der Waals surface area contributed by atoms with Crippen molar-refractivity contribution in [3.8, 4) is 0 Å². The molecule has 0 amide bonds. The smallest absolute Gasteiger partial charge is 0.155 e. The van der Waals surface area contributed by atoms with Crippen LogP contribution in [0.15, 0.2) is 23.8 Å². The minimum atomic E-state index is 0.277. The molecule has 1 heteroatoms. The van der Waals surface area contributed by atoms with Crippen molar-refractivity contribution in [2.75, 3.05) is 0 Å². The zero-order valence-electron chi connectivity index (χ0n) is 8.88. The maximum atomic E-state index is 11.5. The van der Waals surface area contributed by atoms with Gasteiger partial charge in [0.2, 0.25) is 0 Å². The fraction of sp³-hybridized carbons (Fsp3) is 0.615. The molecule has 2 aliphatic rings. The van der Waals surface area contributed by atoms with Gasteiger partial charge in [0.15, 0.2) is 5.78 Å². The lowest BCUT2D eigenvalue weighted by molar-refractivity contribution is -0.114. The molecule has 76 valence electrons.